The largest absolute Gasteiger partial charge is 0.497 e. The quantitative estimate of drug-likeness (QED) is 0.419. The maximum Gasteiger partial charge on any atom is 0.259 e. The molecule has 3 aromatic rings. The van der Waals surface area contributed by atoms with Gasteiger partial charge in [-0.1, -0.05) is 48.2 Å². The van der Waals surface area contributed by atoms with E-state index in [0.29, 0.717) is 47.6 Å². The molecule has 0 unspecified atom stereocenters. The topological polar surface area (TPSA) is 107 Å². The van der Waals surface area contributed by atoms with Gasteiger partial charge in [0.25, 0.3) is 5.91 Å². The number of ether oxygens (including phenoxy) is 1. The highest BCUT2D eigenvalue weighted by Gasteiger charge is 2.41. The number of piperazine rings is 1. The normalized spacial score (nSPS) is 17.6. The Morgan fingerprint density at radius 2 is 1.74 bits per heavy atom. The standard InChI is InChI=1S/C32H32N6O4S/c1-42-24-11-7-8-22(20-24)33-28(39)21-43-32-35-26-13-6-5-12-25(26)30-34-27(31(41)38(30)32)14-15-29(40)37-18-16-36(17-19-37)23-9-3-2-4-10-23/h2-13,20,27H,14-19,21H2,1H3,(H,33,39)/t27-/m1/s1. The van der Waals surface area contributed by atoms with Crippen LogP contribution in [0.3, 0.4) is 0 Å². The molecule has 0 spiro atoms. The van der Waals surface area contributed by atoms with Crippen molar-refractivity contribution in [1.82, 2.24) is 9.80 Å². The summed E-state index contributed by atoms with van der Waals surface area (Å²) < 4.78 is 5.23. The summed E-state index contributed by atoms with van der Waals surface area (Å²) in [6.45, 7) is 2.83. The number of benzene rings is 3. The monoisotopic (exact) mass is 596 g/mol. The van der Waals surface area contributed by atoms with Crippen LogP contribution in [0, 0.1) is 0 Å². The predicted molar refractivity (Wildman–Crippen MR) is 169 cm³/mol. The van der Waals surface area contributed by atoms with E-state index in [-0.39, 0.29) is 29.9 Å². The molecular formula is C32H32N6O4S. The molecule has 3 amide bonds. The number of nitrogens with one attached hydrogen (secondary N) is 1. The SMILES string of the molecule is COc1cccc(NC(=O)CSC2=Nc3ccccc3C3=N[C@H](CCC(=O)N4CCN(c5ccccc5)CC4)C(=O)N23)c1. The molecule has 3 aliphatic rings. The van der Waals surface area contributed by atoms with E-state index in [1.165, 1.54) is 16.7 Å². The van der Waals surface area contributed by atoms with Crippen LogP contribution in [0.1, 0.15) is 18.4 Å². The molecule has 43 heavy (non-hydrogen) atoms. The highest BCUT2D eigenvalue weighted by atomic mass is 32.2. The van der Waals surface area contributed by atoms with Crippen LogP contribution >= 0.6 is 11.8 Å². The number of thioether (sulfide) groups is 1. The molecule has 0 aliphatic carbocycles. The summed E-state index contributed by atoms with van der Waals surface area (Å²) in [6.07, 6.45) is 0.545. The zero-order valence-electron chi connectivity index (χ0n) is 23.8. The average Bonchev–Trinajstić information content (AvgIpc) is 3.39. The van der Waals surface area contributed by atoms with Crippen LogP contribution in [0.2, 0.25) is 0 Å². The third-order valence-corrected chi connectivity index (χ3v) is 8.56. The van der Waals surface area contributed by atoms with E-state index in [1.807, 2.05) is 47.4 Å². The zero-order chi connectivity index (χ0) is 29.8. The maximum absolute atomic E-state index is 13.6. The zero-order valence-corrected chi connectivity index (χ0v) is 24.6. The van der Waals surface area contributed by atoms with Gasteiger partial charge < -0.3 is 19.9 Å². The Morgan fingerprint density at radius 1 is 0.977 bits per heavy atom. The molecule has 10 nitrogen and oxygen atoms in total. The van der Waals surface area contributed by atoms with Gasteiger partial charge in [-0.3, -0.25) is 19.4 Å². The Kier molecular flexibility index (Phi) is 8.41. The second-order valence-corrected chi connectivity index (χ2v) is 11.3. The van der Waals surface area contributed by atoms with Crippen LogP contribution in [0.5, 0.6) is 5.75 Å². The highest BCUT2D eigenvalue weighted by Crippen LogP contribution is 2.34. The fourth-order valence-electron chi connectivity index (χ4n) is 5.39. The van der Waals surface area contributed by atoms with Crippen molar-refractivity contribution in [1.29, 1.82) is 0 Å². The average molecular weight is 597 g/mol. The minimum Gasteiger partial charge on any atom is -0.497 e. The van der Waals surface area contributed by atoms with Crippen LogP contribution in [0.4, 0.5) is 17.1 Å². The van der Waals surface area contributed by atoms with Gasteiger partial charge >= 0.3 is 0 Å². The number of hydrogen-bond acceptors (Lipinski definition) is 8. The van der Waals surface area contributed by atoms with E-state index >= 15 is 0 Å². The minimum atomic E-state index is -0.688. The summed E-state index contributed by atoms with van der Waals surface area (Å²) >= 11 is 1.18. The predicted octanol–water partition coefficient (Wildman–Crippen LogP) is 4.15. The number of aliphatic imine (C=N–C) groups is 2. The number of carbonyl (C=O) groups is 3. The van der Waals surface area contributed by atoms with Gasteiger partial charge in [0.2, 0.25) is 11.8 Å². The number of amidine groups is 2. The molecule has 1 atom stereocenters. The molecule has 1 saturated heterocycles. The lowest BCUT2D eigenvalue weighted by molar-refractivity contribution is -0.132. The minimum absolute atomic E-state index is 0.0310. The van der Waals surface area contributed by atoms with Gasteiger partial charge in [0, 0.05) is 55.6 Å². The molecule has 3 aliphatic heterocycles. The van der Waals surface area contributed by atoms with Crippen molar-refractivity contribution in [3.63, 3.8) is 0 Å². The van der Waals surface area contributed by atoms with E-state index in [4.69, 9.17) is 14.7 Å². The molecule has 0 radical (unpaired) electrons. The van der Waals surface area contributed by atoms with E-state index in [9.17, 15) is 14.4 Å². The summed E-state index contributed by atoms with van der Waals surface area (Å²) in [5.74, 6) is 0.767. The lowest BCUT2D eigenvalue weighted by Gasteiger charge is -2.36. The molecule has 6 rings (SSSR count). The fraction of sp³-hybridized carbons (Fsp3) is 0.281. The number of methoxy groups -OCH3 is 1. The number of rotatable bonds is 8. The second kappa shape index (κ2) is 12.7. The summed E-state index contributed by atoms with van der Waals surface area (Å²) in [7, 11) is 1.57. The lowest BCUT2D eigenvalue weighted by atomic mass is 10.1. The van der Waals surface area contributed by atoms with Crippen LogP contribution in [-0.4, -0.2) is 83.6 Å². The number of hydrogen-bond donors (Lipinski definition) is 1. The number of amides is 3. The van der Waals surface area contributed by atoms with Crippen molar-refractivity contribution in [3.05, 3.63) is 84.4 Å². The van der Waals surface area contributed by atoms with Gasteiger partial charge in [0.1, 0.15) is 17.6 Å². The van der Waals surface area contributed by atoms with Gasteiger partial charge in [-0.2, -0.15) is 0 Å². The molecule has 3 heterocycles. The van der Waals surface area contributed by atoms with E-state index in [0.717, 1.165) is 24.3 Å². The Morgan fingerprint density at radius 3 is 2.53 bits per heavy atom. The van der Waals surface area contributed by atoms with Crippen molar-refractivity contribution in [3.8, 4) is 5.75 Å². The molecule has 1 N–H and O–H groups in total. The Bertz CT molecular complexity index is 1590. The Labute approximate surface area is 254 Å². The van der Waals surface area contributed by atoms with E-state index in [1.54, 1.807) is 31.4 Å². The summed E-state index contributed by atoms with van der Waals surface area (Å²) in [5.41, 5.74) is 3.22. The first-order valence-electron chi connectivity index (χ1n) is 14.2. The Balaban J connectivity index is 1.08. The molecule has 0 bridgehead atoms. The lowest BCUT2D eigenvalue weighted by Crippen LogP contribution is -2.49. The maximum atomic E-state index is 13.6. The molecule has 0 aromatic heterocycles. The van der Waals surface area contributed by atoms with Crippen LogP contribution in [0.15, 0.2) is 88.8 Å². The van der Waals surface area contributed by atoms with Crippen LogP contribution in [0.25, 0.3) is 0 Å². The first-order chi connectivity index (χ1) is 21.0. The smallest absolute Gasteiger partial charge is 0.259 e. The molecule has 11 heteroatoms. The van der Waals surface area contributed by atoms with Crippen molar-refractivity contribution in [2.75, 3.05) is 49.3 Å². The van der Waals surface area contributed by atoms with E-state index < -0.39 is 6.04 Å². The molecule has 1 fully saturated rings. The van der Waals surface area contributed by atoms with Gasteiger partial charge in [0.15, 0.2) is 5.17 Å². The highest BCUT2D eigenvalue weighted by molar-refractivity contribution is 8.14. The molecule has 220 valence electrons. The molecule has 0 saturated carbocycles. The van der Waals surface area contributed by atoms with Gasteiger partial charge in [-0.05, 0) is 42.8 Å². The summed E-state index contributed by atoms with van der Waals surface area (Å²) in [5, 5.41) is 3.25. The van der Waals surface area contributed by atoms with Gasteiger partial charge in [-0.25, -0.2) is 9.89 Å². The first kappa shape index (κ1) is 28.5. The summed E-state index contributed by atoms with van der Waals surface area (Å²) in [4.78, 5) is 54.6. The van der Waals surface area contributed by atoms with E-state index in [2.05, 4.69) is 22.3 Å². The van der Waals surface area contributed by atoms with Gasteiger partial charge in [0.05, 0.1) is 18.6 Å². The number of fused-ring (bicyclic) bond motifs is 3. The van der Waals surface area contributed by atoms with Crippen molar-refractivity contribution in [2.45, 2.75) is 18.9 Å². The number of carbonyl (C=O) groups excluding carboxylic acids is 3. The van der Waals surface area contributed by atoms with Crippen molar-refractivity contribution < 1.29 is 19.1 Å². The first-order valence-corrected chi connectivity index (χ1v) is 15.2. The van der Waals surface area contributed by atoms with Crippen molar-refractivity contribution in [2.24, 2.45) is 9.98 Å². The molecular weight excluding hydrogens is 564 g/mol. The Hall–Kier alpha value is -4.64. The number of nitrogens with zero attached hydrogens (tertiary/aromatic N) is 5. The number of anilines is 2. The van der Waals surface area contributed by atoms with Crippen molar-refractivity contribution >= 4 is 57.5 Å². The third kappa shape index (κ3) is 6.26. The van der Waals surface area contributed by atoms with Crippen LogP contribution in [-0.2, 0) is 14.4 Å². The second-order valence-electron chi connectivity index (χ2n) is 10.4. The third-order valence-electron chi connectivity index (χ3n) is 7.62. The molecule has 3 aromatic carbocycles. The van der Waals surface area contributed by atoms with Crippen LogP contribution < -0.4 is 15.0 Å². The number of para-hydroxylation sites is 2. The fourth-order valence-corrected chi connectivity index (χ4v) is 6.19. The van der Waals surface area contributed by atoms with Gasteiger partial charge in [-0.15, -0.1) is 0 Å². The summed E-state index contributed by atoms with van der Waals surface area (Å²) in [6, 6.07) is 24.1.